The number of halogens is 1. The van der Waals surface area contributed by atoms with Gasteiger partial charge < -0.3 is 14.4 Å². The molecule has 3 nitrogen and oxygen atoms in total. The van der Waals surface area contributed by atoms with Crippen LogP contribution in [0.4, 0.5) is 10.1 Å². The minimum Gasteiger partial charge on any atom is -0.469 e. The van der Waals surface area contributed by atoms with Gasteiger partial charge in [0.1, 0.15) is 11.6 Å². The van der Waals surface area contributed by atoms with Crippen molar-refractivity contribution in [3.05, 3.63) is 53.2 Å². The standard InChI is InChI=1S/C15H18FNO2/c1-10(18)14-8-13(16)4-5-15(14)17(3)9-12-6-7-19-11(12)2/h4-8,10,18H,9H2,1-3H3/t10-/m1/s1. The van der Waals surface area contributed by atoms with Crippen LogP contribution in [0.5, 0.6) is 0 Å². The second kappa shape index (κ2) is 5.45. The topological polar surface area (TPSA) is 36.6 Å². The lowest BCUT2D eigenvalue weighted by molar-refractivity contribution is 0.199. The molecule has 0 unspecified atom stereocenters. The molecule has 0 aliphatic heterocycles. The Hall–Kier alpha value is -1.81. The van der Waals surface area contributed by atoms with Crippen LogP contribution in [0.15, 0.2) is 34.9 Å². The van der Waals surface area contributed by atoms with Crippen LogP contribution in [-0.4, -0.2) is 12.2 Å². The fourth-order valence-corrected chi connectivity index (χ4v) is 2.12. The number of hydrogen-bond donors (Lipinski definition) is 1. The molecule has 0 saturated carbocycles. The number of benzene rings is 1. The summed E-state index contributed by atoms with van der Waals surface area (Å²) >= 11 is 0. The van der Waals surface area contributed by atoms with Crippen molar-refractivity contribution in [1.82, 2.24) is 0 Å². The number of furan rings is 1. The summed E-state index contributed by atoms with van der Waals surface area (Å²) in [5, 5.41) is 9.75. The first-order chi connectivity index (χ1) is 8.99. The fraction of sp³-hybridized carbons (Fsp3) is 0.333. The number of aliphatic hydroxyl groups excluding tert-OH is 1. The van der Waals surface area contributed by atoms with E-state index in [0.717, 1.165) is 17.0 Å². The van der Waals surface area contributed by atoms with E-state index in [1.165, 1.54) is 12.1 Å². The molecular formula is C15H18FNO2. The molecule has 0 radical (unpaired) electrons. The Bertz CT molecular complexity index is 563. The normalized spacial score (nSPS) is 12.5. The Labute approximate surface area is 112 Å². The van der Waals surface area contributed by atoms with Gasteiger partial charge in [-0.1, -0.05) is 0 Å². The summed E-state index contributed by atoms with van der Waals surface area (Å²) in [4.78, 5) is 1.97. The minimum atomic E-state index is -0.710. The molecule has 0 amide bonds. The third-order valence-electron chi connectivity index (χ3n) is 3.22. The molecule has 1 aromatic carbocycles. The second-order valence-corrected chi connectivity index (χ2v) is 4.74. The number of hydrogen-bond acceptors (Lipinski definition) is 3. The summed E-state index contributed by atoms with van der Waals surface area (Å²) in [6, 6.07) is 6.38. The average molecular weight is 263 g/mol. The van der Waals surface area contributed by atoms with E-state index < -0.39 is 6.10 Å². The van der Waals surface area contributed by atoms with Crippen LogP contribution in [0, 0.1) is 12.7 Å². The highest BCUT2D eigenvalue weighted by molar-refractivity contribution is 5.54. The smallest absolute Gasteiger partial charge is 0.123 e. The Morgan fingerprint density at radius 3 is 2.68 bits per heavy atom. The molecule has 19 heavy (non-hydrogen) atoms. The SMILES string of the molecule is Cc1occc1CN(C)c1ccc(F)cc1[C@@H](C)O. The highest BCUT2D eigenvalue weighted by Gasteiger charge is 2.14. The molecule has 0 bridgehead atoms. The zero-order valence-corrected chi connectivity index (χ0v) is 11.4. The maximum atomic E-state index is 13.3. The lowest BCUT2D eigenvalue weighted by Gasteiger charge is -2.23. The Balaban J connectivity index is 2.28. The van der Waals surface area contributed by atoms with E-state index in [0.29, 0.717) is 12.1 Å². The largest absolute Gasteiger partial charge is 0.469 e. The predicted octanol–water partition coefficient (Wildman–Crippen LogP) is 3.42. The van der Waals surface area contributed by atoms with E-state index in [1.54, 1.807) is 19.3 Å². The Kier molecular flexibility index (Phi) is 3.90. The third kappa shape index (κ3) is 2.96. The summed E-state index contributed by atoms with van der Waals surface area (Å²) in [6.07, 6.45) is 0.942. The molecule has 0 fully saturated rings. The van der Waals surface area contributed by atoms with Gasteiger partial charge >= 0.3 is 0 Å². The van der Waals surface area contributed by atoms with Crippen molar-refractivity contribution >= 4 is 5.69 Å². The molecule has 1 aromatic heterocycles. The lowest BCUT2D eigenvalue weighted by atomic mass is 10.1. The zero-order chi connectivity index (χ0) is 14.0. The van der Waals surface area contributed by atoms with E-state index in [9.17, 15) is 9.50 Å². The summed E-state index contributed by atoms with van der Waals surface area (Å²) in [5.41, 5.74) is 2.48. The van der Waals surface area contributed by atoms with Crippen molar-refractivity contribution in [2.45, 2.75) is 26.5 Å². The molecule has 4 heteroatoms. The highest BCUT2D eigenvalue weighted by atomic mass is 19.1. The first kappa shape index (κ1) is 13.6. The van der Waals surface area contributed by atoms with Gasteiger partial charge in [0.2, 0.25) is 0 Å². The molecule has 0 spiro atoms. The van der Waals surface area contributed by atoms with Crippen LogP contribution in [0.25, 0.3) is 0 Å². The van der Waals surface area contributed by atoms with Crippen molar-refractivity contribution in [1.29, 1.82) is 0 Å². The molecular weight excluding hydrogens is 245 g/mol. The van der Waals surface area contributed by atoms with Crippen LogP contribution < -0.4 is 4.90 Å². The molecule has 1 heterocycles. The minimum absolute atomic E-state index is 0.340. The van der Waals surface area contributed by atoms with E-state index in [1.807, 2.05) is 24.9 Å². The molecule has 2 aromatic rings. The highest BCUT2D eigenvalue weighted by Crippen LogP contribution is 2.28. The van der Waals surface area contributed by atoms with Gasteiger partial charge in [0.05, 0.1) is 12.4 Å². The Morgan fingerprint density at radius 2 is 2.11 bits per heavy atom. The number of aryl methyl sites for hydroxylation is 1. The van der Waals surface area contributed by atoms with Crippen molar-refractivity contribution in [3.8, 4) is 0 Å². The molecule has 2 rings (SSSR count). The van der Waals surface area contributed by atoms with Gasteiger partial charge in [0.15, 0.2) is 0 Å². The number of anilines is 1. The fourth-order valence-electron chi connectivity index (χ4n) is 2.12. The van der Waals surface area contributed by atoms with Crippen LogP contribution in [0.2, 0.25) is 0 Å². The summed E-state index contributed by atoms with van der Waals surface area (Å²) < 4.78 is 18.5. The second-order valence-electron chi connectivity index (χ2n) is 4.74. The van der Waals surface area contributed by atoms with E-state index >= 15 is 0 Å². The molecule has 0 aliphatic carbocycles. The number of nitrogens with zero attached hydrogens (tertiary/aromatic N) is 1. The van der Waals surface area contributed by atoms with Crippen molar-refractivity contribution in [3.63, 3.8) is 0 Å². The monoisotopic (exact) mass is 263 g/mol. The van der Waals surface area contributed by atoms with Gasteiger partial charge in [-0.25, -0.2) is 4.39 Å². The predicted molar refractivity (Wildman–Crippen MR) is 72.6 cm³/mol. The van der Waals surface area contributed by atoms with Crippen LogP contribution in [0.3, 0.4) is 0 Å². The van der Waals surface area contributed by atoms with Gasteiger partial charge in [-0.2, -0.15) is 0 Å². The van der Waals surface area contributed by atoms with Crippen molar-refractivity contribution in [2.75, 3.05) is 11.9 Å². The number of rotatable bonds is 4. The molecule has 1 atom stereocenters. The zero-order valence-electron chi connectivity index (χ0n) is 11.4. The van der Waals surface area contributed by atoms with Gasteiger partial charge in [-0.05, 0) is 38.1 Å². The average Bonchev–Trinajstić information content (AvgIpc) is 2.74. The first-order valence-electron chi connectivity index (χ1n) is 6.20. The summed E-state index contributed by atoms with van der Waals surface area (Å²) in [7, 11) is 1.91. The van der Waals surface area contributed by atoms with E-state index in [-0.39, 0.29) is 5.82 Å². The van der Waals surface area contributed by atoms with Crippen LogP contribution in [-0.2, 0) is 6.54 Å². The molecule has 1 N–H and O–H groups in total. The van der Waals surface area contributed by atoms with Crippen molar-refractivity contribution in [2.24, 2.45) is 0 Å². The van der Waals surface area contributed by atoms with E-state index in [2.05, 4.69) is 0 Å². The lowest BCUT2D eigenvalue weighted by Crippen LogP contribution is -2.19. The molecule has 0 aliphatic rings. The number of aliphatic hydroxyl groups is 1. The maximum Gasteiger partial charge on any atom is 0.123 e. The van der Waals surface area contributed by atoms with Crippen molar-refractivity contribution < 1.29 is 13.9 Å². The first-order valence-corrected chi connectivity index (χ1v) is 6.20. The maximum absolute atomic E-state index is 13.3. The third-order valence-corrected chi connectivity index (χ3v) is 3.22. The molecule has 102 valence electrons. The van der Waals surface area contributed by atoms with Gasteiger partial charge in [-0.15, -0.1) is 0 Å². The van der Waals surface area contributed by atoms with Crippen LogP contribution >= 0.6 is 0 Å². The summed E-state index contributed by atoms with van der Waals surface area (Å²) in [5.74, 6) is 0.528. The van der Waals surface area contributed by atoms with Gasteiger partial charge in [0, 0.05) is 30.4 Å². The quantitative estimate of drug-likeness (QED) is 0.918. The van der Waals surface area contributed by atoms with Gasteiger partial charge in [-0.3, -0.25) is 0 Å². The summed E-state index contributed by atoms with van der Waals surface area (Å²) in [6.45, 7) is 4.19. The van der Waals surface area contributed by atoms with E-state index in [4.69, 9.17) is 4.42 Å². The van der Waals surface area contributed by atoms with Crippen LogP contribution in [0.1, 0.15) is 29.9 Å². The molecule has 0 saturated heterocycles. The van der Waals surface area contributed by atoms with Gasteiger partial charge in [0.25, 0.3) is 0 Å². The Morgan fingerprint density at radius 1 is 1.37 bits per heavy atom.